The minimum Gasteiger partial charge on any atom is -0.343 e. The molecule has 164 valence electrons. The number of alkyl halides is 3. The van der Waals surface area contributed by atoms with E-state index < -0.39 is 5.51 Å². The summed E-state index contributed by atoms with van der Waals surface area (Å²) < 4.78 is 37.3. The Hall–Kier alpha value is -1.21. The predicted molar refractivity (Wildman–Crippen MR) is 113 cm³/mol. The van der Waals surface area contributed by atoms with Crippen LogP contribution in [0, 0.1) is 0 Å². The fourth-order valence-corrected chi connectivity index (χ4v) is 4.42. The Bertz CT molecular complexity index is 621. The number of hydrogen-bond donors (Lipinski definition) is 0. The van der Waals surface area contributed by atoms with Crippen LogP contribution in [0.15, 0.2) is 29.2 Å². The number of carbonyl (C=O) groups is 1. The Morgan fingerprint density at radius 3 is 2.52 bits per heavy atom. The van der Waals surface area contributed by atoms with E-state index in [9.17, 15) is 18.0 Å². The Morgan fingerprint density at radius 1 is 1.14 bits per heavy atom. The van der Waals surface area contributed by atoms with Crippen molar-refractivity contribution in [1.82, 2.24) is 9.80 Å². The highest BCUT2D eigenvalue weighted by atomic mass is 32.2. The third kappa shape index (κ3) is 8.99. The lowest BCUT2D eigenvalue weighted by molar-refractivity contribution is -0.130. The maximum absolute atomic E-state index is 12.4. The maximum Gasteiger partial charge on any atom is 0.446 e. The van der Waals surface area contributed by atoms with Gasteiger partial charge < -0.3 is 9.80 Å². The molecule has 2 rings (SSSR count). The molecule has 1 amide bonds. The summed E-state index contributed by atoms with van der Waals surface area (Å²) in [5, 5.41) is 0. The third-order valence-electron chi connectivity index (χ3n) is 5.51. The number of unbranched alkanes of at least 4 members (excludes halogenated alkanes) is 1. The summed E-state index contributed by atoms with van der Waals surface area (Å²) in [4.78, 5) is 16.7. The number of nitrogens with zero attached hydrogens (tertiary/aromatic N) is 2. The van der Waals surface area contributed by atoms with Crippen LogP contribution in [-0.4, -0.2) is 53.4 Å². The first-order valence-electron chi connectivity index (χ1n) is 10.6. The van der Waals surface area contributed by atoms with E-state index in [1.807, 2.05) is 4.90 Å². The van der Waals surface area contributed by atoms with E-state index in [0.29, 0.717) is 18.4 Å². The van der Waals surface area contributed by atoms with Gasteiger partial charge in [0.2, 0.25) is 5.91 Å². The average molecular weight is 431 g/mol. The molecule has 0 bridgehead atoms. The van der Waals surface area contributed by atoms with Crippen molar-refractivity contribution in [3.63, 3.8) is 0 Å². The number of hydrogen-bond acceptors (Lipinski definition) is 3. The molecule has 0 radical (unpaired) electrons. The van der Waals surface area contributed by atoms with Crippen LogP contribution in [0.4, 0.5) is 13.2 Å². The van der Waals surface area contributed by atoms with Crippen LogP contribution in [0.25, 0.3) is 0 Å². The molecule has 7 heteroatoms. The third-order valence-corrected chi connectivity index (χ3v) is 6.25. The minimum atomic E-state index is -4.24. The molecule has 0 aliphatic carbocycles. The van der Waals surface area contributed by atoms with Gasteiger partial charge in [0.15, 0.2) is 0 Å². The van der Waals surface area contributed by atoms with Gasteiger partial charge in [0.05, 0.1) is 0 Å². The van der Waals surface area contributed by atoms with Crippen molar-refractivity contribution in [3.05, 3.63) is 29.8 Å². The SMILES string of the molecule is CCN(CCCCN1CCCCCC1=O)C(C)Cc1ccc(SC(F)(F)F)cc1. The second-order valence-corrected chi connectivity index (χ2v) is 8.91. The molecule has 1 aliphatic heterocycles. The number of likely N-dealkylation sites (tertiary alicyclic amines) is 1. The van der Waals surface area contributed by atoms with E-state index >= 15 is 0 Å². The van der Waals surface area contributed by atoms with Crippen LogP contribution in [0.2, 0.25) is 0 Å². The summed E-state index contributed by atoms with van der Waals surface area (Å²) in [6, 6.07) is 7.01. The summed E-state index contributed by atoms with van der Waals surface area (Å²) in [5.74, 6) is 0.301. The minimum absolute atomic E-state index is 0.0725. The zero-order chi connectivity index (χ0) is 21.3. The van der Waals surface area contributed by atoms with Gasteiger partial charge in [-0.05, 0) is 81.6 Å². The molecule has 1 atom stereocenters. The number of amides is 1. The Morgan fingerprint density at radius 2 is 1.86 bits per heavy atom. The molecule has 1 fully saturated rings. The molecular formula is C22H33F3N2OS. The van der Waals surface area contributed by atoms with Crippen LogP contribution in [0.3, 0.4) is 0 Å². The molecular weight excluding hydrogens is 397 g/mol. The van der Waals surface area contributed by atoms with Crippen molar-refractivity contribution in [3.8, 4) is 0 Å². The highest BCUT2D eigenvalue weighted by Gasteiger charge is 2.29. The Kier molecular flexibility index (Phi) is 9.83. The zero-order valence-electron chi connectivity index (χ0n) is 17.5. The van der Waals surface area contributed by atoms with Gasteiger partial charge in [0.25, 0.3) is 0 Å². The summed E-state index contributed by atoms with van der Waals surface area (Å²) in [7, 11) is 0. The van der Waals surface area contributed by atoms with E-state index in [-0.39, 0.29) is 16.7 Å². The van der Waals surface area contributed by atoms with Crippen molar-refractivity contribution >= 4 is 17.7 Å². The number of benzene rings is 1. The molecule has 0 N–H and O–H groups in total. The summed E-state index contributed by atoms with van der Waals surface area (Å²) in [5.41, 5.74) is -3.19. The van der Waals surface area contributed by atoms with Crippen molar-refractivity contribution in [2.75, 3.05) is 26.2 Å². The second kappa shape index (κ2) is 11.8. The molecule has 1 saturated heterocycles. The fraction of sp³-hybridized carbons (Fsp3) is 0.682. The number of halogens is 3. The first-order chi connectivity index (χ1) is 13.8. The Labute approximate surface area is 177 Å². The van der Waals surface area contributed by atoms with E-state index in [1.54, 1.807) is 24.3 Å². The topological polar surface area (TPSA) is 23.6 Å². The molecule has 0 aromatic heterocycles. The first kappa shape index (κ1) is 24.1. The van der Waals surface area contributed by atoms with Crippen molar-refractivity contribution in [1.29, 1.82) is 0 Å². The van der Waals surface area contributed by atoms with Gasteiger partial charge in [-0.3, -0.25) is 4.79 Å². The van der Waals surface area contributed by atoms with Crippen LogP contribution in [0.1, 0.15) is 57.9 Å². The number of rotatable bonds is 10. The van der Waals surface area contributed by atoms with Crippen LogP contribution >= 0.6 is 11.8 Å². The van der Waals surface area contributed by atoms with Crippen molar-refractivity contribution in [2.24, 2.45) is 0 Å². The lowest BCUT2D eigenvalue weighted by atomic mass is 10.1. The summed E-state index contributed by atoms with van der Waals surface area (Å²) in [6.07, 6.45) is 6.85. The largest absolute Gasteiger partial charge is 0.446 e. The standard InChI is InChI=1S/C22H33F3N2OS/c1-3-26(14-7-8-16-27-15-6-4-5-9-21(27)28)18(2)17-19-10-12-20(13-11-19)29-22(23,24)25/h10-13,18H,3-9,14-17H2,1-2H3. The normalized spacial score (nSPS) is 16.9. The molecule has 1 aromatic rings. The monoisotopic (exact) mass is 430 g/mol. The quantitative estimate of drug-likeness (QED) is 0.350. The van der Waals surface area contributed by atoms with Crippen LogP contribution in [0.5, 0.6) is 0 Å². The molecule has 29 heavy (non-hydrogen) atoms. The van der Waals surface area contributed by atoms with E-state index in [1.165, 1.54) is 0 Å². The smallest absolute Gasteiger partial charge is 0.343 e. The van der Waals surface area contributed by atoms with Gasteiger partial charge in [-0.2, -0.15) is 13.2 Å². The average Bonchev–Trinajstić information content (AvgIpc) is 2.86. The van der Waals surface area contributed by atoms with E-state index in [2.05, 4.69) is 18.7 Å². The van der Waals surface area contributed by atoms with Gasteiger partial charge in [-0.15, -0.1) is 0 Å². The van der Waals surface area contributed by atoms with Crippen molar-refractivity contribution < 1.29 is 18.0 Å². The number of carbonyl (C=O) groups excluding carboxylic acids is 1. The number of thioether (sulfide) groups is 1. The van der Waals surface area contributed by atoms with Gasteiger partial charge in [0.1, 0.15) is 0 Å². The molecule has 3 nitrogen and oxygen atoms in total. The van der Waals surface area contributed by atoms with Gasteiger partial charge >= 0.3 is 5.51 Å². The Balaban J connectivity index is 1.75. The van der Waals surface area contributed by atoms with Gasteiger partial charge in [0, 0.05) is 30.4 Å². The highest BCUT2D eigenvalue weighted by molar-refractivity contribution is 8.00. The molecule has 1 aromatic carbocycles. The molecule has 0 spiro atoms. The molecule has 0 saturated carbocycles. The molecule has 1 heterocycles. The second-order valence-electron chi connectivity index (χ2n) is 7.77. The van der Waals surface area contributed by atoms with Crippen LogP contribution in [-0.2, 0) is 11.2 Å². The number of likely N-dealkylation sites (N-methyl/N-ethyl adjacent to an activating group) is 1. The van der Waals surface area contributed by atoms with Crippen molar-refractivity contribution in [2.45, 2.75) is 75.2 Å². The molecule has 1 unspecified atom stereocenters. The van der Waals surface area contributed by atoms with Gasteiger partial charge in [-0.1, -0.05) is 25.5 Å². The summed E-state index contributed by atoms with van der Waals surface area (Å²) in [6.45, 7) is 7.96. The van der Waals surface area contributed by atoms with Gasteiger partial charge in [-0.25, -0.2) is 0 Å². The summed E-state index contributed by atoms with van der Waals surface area (Å²) >= 11 is -0.0725. The molecule has 1 aliphatic rings. The first-order valence-corrected chi connectivity index (χ1v) is 11.5. The lowest BCUT2D eigenvalue weighted by Crippen LogP contribution is -2.36. The lowest BCUT2D eigenvalue weighted by Gasteiger charge is -2.28. The highest BCUT2D eigenvalue weighted by Crippen LogP contribution is 2.36. The van der Waals surface area contributed by atoms with Crippen LogP contribution < -0.4 is 0 Å². The van der Waals surface area contributed by atoms with E-state index in [0.717, 1.165) is 70.3 Å². The van der Waals surface area contributed by atoms with E-state index in [4.69, 9.17) is 0 Å². The zero-order valence-corrected chi connectivity index (χ0v) is 18.3. The fourth-order valence-electron chi connectivity index (χ4n) is 3.88. The predicted octanol–water partition coefficient (Wildman–Crippen LogP) is 5.73. The maximum atomic E-state index is 12.4.